The van der Waals surface area contributed by atoms with E-state index in [1.54, 1.807) is 0 Å². The van der Waals surface area contributed by atoms with Gasteiger partial charge >= 0.3 is 5.97 Å². The van der Waals surface area contributed by atoms with Crippen molar-refractivity contribution in [2.24, 2.45) is 0 Å². The summed E-state index contributed by atoms with van der Waals surface area (Å²) in [5.74, 6) is -0.255. The molecule has 1 N–H and O–H groups in total. The number of carbonyl (C=O) groups excluding carboxylic acids is 1. The van der Waals surface area contributed by atoms with Crippen molar-refractivity contribution in [1.82, 2.24) is 5.32 Å². The fourth-order valence-electron chi connectivity index (χ4n) is 1.28. The van der Waals surface area contributed by atoms with Gasteiger partial charge < -0.3 is 10.1 Å². The summed E-state index contributed by atoms with van der Waals surface area (Å²) in [5.41, 5.74) is 1.01. The molecule has 0 bridgehead atoms. The summed E-state index contributed by atoms with van der Waals surface area (Å²) in [6, 6.07) is 9.70. The molecule has 0 aliphatic carbocycles. The Morgan fingerprint density at radius 2 is 2.07 bits per heavy atom. The van der Waals surface area contributed by atoms with Crippen molar-refractivity contribution in [2.75, 3.05) is 13.6 Å². The Hall–Kier alpha value is -1.35. The Kier molecular flexibility index (Phi) is 4.13. The zero-order chi connectivity index (χ0) is 10.4. The molecule has 0 aliphatic heterocycles. The summed E-state index contributed by atoms with van der Waals surface area (Å²) in [6.45, 7) is 2.05. The van der Waals surface area contributed by atoms with E-state index in [1.165, 1.54) is 6.92 Å². The Morgan fingerprint density at radius 1 is 1.43 bits per heavy atom. The first kappa shape index (κ1) is 10.7. The molecule has 0 aromatic heterocycles. The summed E-state index contributed by atoms with van der Waals surface area (Å²) in [4.78, 5) is 10.9. The molecule has 0 spiro atoms. The van der Waals surface area contributed by atoms with Crippen LogP contribution in [-0.2, 0) is 9.53 Å². The van der Waals surface area contributed by atoms with E-state index in [-0.39, 0.29) is 12.1 Å². The van der Waals surface area contributed by atoms with Crippen molar-refractivity contribution in [3.05, 3.63) is 35.9 Å². The van der Waals surface area contributed by atoms with Crippen LogP contribution in [-0.4, -0.2) is 19.6 Å². The van der Waals surface area contributed by atoms with Gasteiger partial charge in [-0.2, -0.15) is 0 Å². The van der Waals surface area contributed by atoms with Crippen molar-refractivity contribution >= 4 is 5.97 Å². The molecule has 14 heavy (non-hydrogen) atoms. The smallest absolute Gasteiger partial charge is 0.303 e. The number of benzene rings is 1. The maximum absolute atomic E-state index is 10.9. The minimum atomic E-state index is -0.255. The molecule has 1 aromatic rings. The fourth-order valence-corrected chi connectivity index (χ4v) is 1.28. The van der Waals surface area contributed by atoms with Gasteiger partial charge in [0.25, 0.3) is 0 Å². The lowest BCUT2D eigenvalue weighted by molar-refractivity contribution is -0.146. The van der Waals surface area contributed by atoms with Gasteiger partial charge in [0, 0.05) is 13.5 Å². The molecule has 0 aliphatic rings. The minimum absolute atomic E-state index is 0.196. The molecule has 1 rings (SSSR count). The zero-order valence-corrected chi connectivity index (χ0v) is 8.49. The molecule has 3 nitrogen and oxygen atoms in total. The van der Waals surface area contributed by atoms with Gasteiger partial charge in [-0.25, -0.2) is 0 Å². The van der Waals surface area contributed by atoms with Gasteiger partial charge in [-0.3, -0.25) is 4.79 Å². The monoisotopic (exact) mass is 193 g/mol. The number of ether oxygens (including phenoxy) is 1. The Labute approximate surface area is 84.1 Å². The number of likely N-dealkylation sites (N-methyl/N-ethyl adjacent to an activating group) is 1. The molecular weight excluding hydrogens is 178 g/mol. The van der Waals surface area contributed by atoms with Gasteiger partial charge in [0.05, 0.1) is 0 Å². The van der Waals surface area contributed by atoms with E-state index in [4.69, 9.17) is 4.74 Å². The first-order valence-corrected chi connectivity index (χ1v) is 4.61. The standard InChI is InChI=1S/C11H15NO2/c1-9(13)14-11(8-12-2)10-6-4-3-5-7-10/h3-7,11-12H,8H2,1-2H3/t11-/m0/s1. The minimum Gasteiger partial charge on any atom is -0.456 e. The van der Waals surface area contributed by atoms with Crippen LogP contribution in [0.1, 0.15) is 18.6 Å². The van der Waals surface area contributed by atoms with E-state index in [9.17, 15) is 4.79 Å². The SMILES string of the molecule is CNC[C@H](OC(C)=O)c1ccccc1. The average molecular weight is 193 g/mol. The number of carbonyl (C=O) groups is 1. The van der Waals surface area contributed by atoms with Crippen LogP contribution < -0.4 is 5.32 Å². The number of hydrogen-bond acceptors (Lipinski definition) is 3. The van der Waals surface area contributed by atoms with E-state index in [2.05, 4.69) is 5.32 Å². The van der Waals surface area contributed by atoms with Gasteiger partial charge in [0.1, 0.15) is 6.10 Å². The average Bonchev–Trinajstić information content (AvgIpc) is 2.18. The predicted octanol–water partition coefficient (Wildman–Crippen LogP) is 1.51. The highest BCUT2D eigenvalue weighted by Gasteiger charge is 2.12. The van der Waals surface area contributed by atoms with Gasteiger partial charge in [-0.15, -0.1) is 0 Å². The highest BCUT2D eigenvalue weighted by molar-refractivity contribution is 5.66. The summed E-state index contributed by atoms with van der Waals surface area (Å²) in [6.07, 6.45) is -0.196. The molecule has 0 radical (unpaired) electrons. The Bertz CT molecular complexity index is 285. The largest absolute Gasteiger partial charge is 0.456 e. The van der Waals surface area contributed by atoms with Gasteiger partial charge in [-0.05, 0) is 12.6 Å². The highest BCUT2D eigenvalue weighted by Crippen LogP contribution is 2.15. The van der Waals surface area contributed by atoms with Crippen LogP contribution in [0.4, 0.5) is 0 Å². The summed E-state index contributed by atoms with van der Waals surface area (Å²) >= 11 is 0. The van der Waals surface area contributed by atoms with Crippen LogP contribution in [0.2, 0.25) is 0 Å². The molecule has 1 atom stereocenters. The molecule has 3 heteroatoms. The highest BCUT2D eigenvalue weighted by atomic mass is 16.5. The summed E-state index contributed by atoms with van der Waals surface area (Å²) in [7, 11) is 1.83. The van der Waals surface area contributed by atoms with Crippen molar-refractivity contribution in [3.63, 3.8) is 0 Å². The normalized spacial score (nSPS) is 12.1. The molecule has 1 aromatic carbocycles. The van der Waals surface area contributed by atoms with Crippen molar-refractivity contribution < 1.29 is 9.53 Å². The van der Waals surface area contributed by atoms with Gasteiger partial charge in [-0.1, -0.05) is 30.3 Å². The van der Waals surface area contributed by atoms with Crippen LogP contribution in [0.15, 0.2) is 30.3 Å². The number of rotatable bonds is 4. The Morgan fingerprint density at radius 3 is 2.57 bits per heavy atom. The Balaban J connectivity index is 2.72. The van der Waals surface area contributed by atoms with Crippen molar-refractivity contribution in [3.8, 4) is 0 Å². The fraction of sp³-hybridized carbons (Fsp3) is 0.364. The predicted molar refractivity (Wildman–Crippen MR) is 54.9 cm³/mol. The quantitative estimate of drug-likeness (QED) is 0.737. The first-order chi connectivity index (χ1) is 6.74. The maximum Gasteiger partial charge on any atom is 0.303 e. The second kappa shape index (κ2) is 5.40. The summed E-state index contributed by atoms with van der Waals surface area (Å²) < 4.78 is 5.18. The van der Waals surface area contributed by atoms with Gasteiger partial charge in [0.15, 0.2) is 0 Å². The molecule has 0 saturated carbocycles. The second-order valence-corrected chi connectivity index (χ2v) is 3.07. The van der Waals surface area contributed by atoms with E-state index in [0.717, 1.165) is 5.56 Å². The summed E-state index contributed by atoms with van der Waals surface area (Å²) in [5, 5.41) is 2.99. The van der Waals surface area contributed by atoms with Crippen LogP contribution in [0, 0.1) is 0 Å². The van der Waals surface area contributed by atoms with E-state index in [0.29, 0.717) is 6.54 Å². The van der Waals surface area contributed by atoms with E-state index >= 15 is 0 Å². The van der Waals surface area contributed by atoms with Crippen molar-refractivity contribution in [1.29, 1.82) is 0 Å². The van der Waals surface area contributed by atoms with E-state index in [1.807, 2.05) is 37.4 Å². The lowest BCUT2D eigenvalue weighted by atomic mass is 10.1. The molecule has 0 unspecified atom stereocenters. The molecule has 0 amide bonds. The molecule has 0 fully saturated rings. The number of hydrogen-bond donors (Lipinski definition) is 1. The topological polar surface area (TPSA) is 38.3 Å². The van der Waals surface area contributed by atoms with Crippen LogP contribution >= 0.6 is 0 Å². The zero-order valence-electron chi connectivity index (χ0n) is 8.49. The first-order valence-electron chi connectivity index (χ1n) is 4.61. The lowest BCUT2D eigenvalue weighted by Crippen LogP contribution is -2.21. The van der Waals surface area contributed by atoms with Gasteiger partial charge in [0.2, 0.25) is 0 Å². The molecular formula is C11H15NO2. The maximum atomic E-state index is 10.9. The van der Waals surface area contributed by atoms with Crippen molar-refractivity contribution in [2.45, 2.75) is 13.0 Å². The van der Waals surface area contributed by atoms with Crippen LogP contribution in [0.3, 0.4) is 0 Å². The number of nitrogens with one attached hydrogen (secondary N) is 1. The number of esters is 1. The molecule has 0 saturated heterocycles. The lowest BCUT2D eigenvalue weighted by Gasteiger charge is -2.16. The molecule has 76 valence electrons. The third-order valence-electron chi connectivity index (χ3n) is 1.87. The van der Waals surface area contributed by atoms with Crippen LogP contribution in [0.25, 0.3) is 0 Å². The second-order valence-electron chi connectivity index (χ2n) is 3.07. The van der Waals surface area contributed by atoms with Crippen LogP contribution in [0.5, 0.6) is 0 Å². The van der Waals surface area contributed by atoms with E-state index < -0.39 is 0 Å². The molecule has 0 heterocycles. The third-order valence-corrected chi connectivity index (χ3v) is 1.87. The third kappa shape index (κ3) is 3.18.